The summed E-state index contributed by atoms with van der Waals surface area (Å²) in [7, 11) is 0. The molecule has 0 saturated carbocycles. The summed E-state index contributed by atoms with van der Waals surface area (Å²) in [5, 5.41) is 10.9. The van der Waals surface area contributed by atoms with Gasteiger partial charge in [-0.2, -0.15) is 0 Å². The molecule has 0 bridgehead atoms. The summed E-state index contributed by atoms with van der Waals surface area (Å²) in [5.74, 6) is 0.186. The molecule has 2 unspecified atom stereocenters. The van der Waals surface area contributed by atoms with E-state index >= 15 is 0 Å². The van der Waals surface area contributed by atoms with Gasteiger partial charge in [-0.3, -0.25) is 0 Å². The first kappa shape index (κ1) is 11.8. The maximum absolute atomic E-state index is 9.95. The number of aliphatic hydroxyl groups is 1. The van der Waals surface area contributed by atoms with Crippen LogP contribution >= 0.6 is 23.2 Å². The molecule has 0 radical (unpaired) electrons. The third-order valence-electron chi connectivity index (χ3n) is 2.48. The zero-order valence-corrected chi connectivity index (χ0v) is 9.81. The van der Waals surface area contributed by atoms with E-state index in [4.69, 9.17) is 23.2 Å². The SMILES string of the molecule is CCC(C)C(O)c1cccc(Cl)c1Cl. The first-order chi connectivity index (χ1) is 6.57. The predicted molar refractivity (Wildman–Crippen MR) is 60.9 cm³/mol. The molecule has 1 aromatic rings. The second kappa shape index (κ2) is 5.01. The minimum absolute atomic E-state index is 0.186. The van der Waals surface area contributed by atoms with E-state index in [-0.39, 0.29) is 5.92 Å². The maximum atomic E-state index is 9.95. The minimum Gasteiger partial charge on any atom is -0.388 e. The Labute approximate surface area is 94.7 Å². The van der Waals surface area contributed by atoms with E-state index in [0.29, 0.717) is 15.6 Å². The lowest BCUT2D eigenvalue weighted by Gasteiger charge is -2.18. The highest BCUT2D eigenvalue weighted by atomic mass is 35.5. The van der Waals surface area contributed by atoms with Gasteiger partial charge in [0.1, 0.15) is 0 Å². The van der Waals surface area contributed by atoms with Crippen molar-refractivity contribution >= 4 is 23.2 Å². The maximum Gasteiger partial charge on any atom is 0.0830 e. The Balaban J connectivity index is 3.01. The predicted octanol–water partition coefficient (Wildman–Crippen LogP) is 4.07. The third-order valence-corrected chi connectivity index (χ3v) is 3.32. The average Bonchev–Trinajstić information content (AvgIpc) is 2.20. The monoisotopic (exact) mass is 232 g/mol. The molecule has 0 aromatic heterocycles. The average molecular weight is 233 g/mol. The zero-order chi connectivity index (χ0) is 10.7. The Morgan fingerprint density at radius 2 is 2.00 bits per heavy atom. The first-order valence-electron chi connectivity index (χ1n) is 4.69. The number of aliphatic hydroxyl groups excluding tert-OH is 1. The molecular formula is C11H14Cl2O. The molecule has 0 heterocycles. The molecule has 0 spiro atoms. The molecule has 0 aliphatic rings. The summed E-state index contributed by atoms with van der Waals surface area (Å²) >= 11 is 11.9. The molecule has 1 aromatic carbocycles. The fourth-order valence-electron chi connectivity index (χ4n) is 1.28. The second-order valence-electron chi connectivity index (χ2n) is 3.47. The van der Waals surface area contributed by atoms with Crippen LogP contribution in [-0.2, 0) is 0 Å². The van der Waals surface area contributed by atoms with Gasteiger partial charge in [-0.1, -0.05) is 55.6 Å². The standard InChI is InChI=1S/C11H14Cl2O/c1-3-7(2)11(14)8-5-4-6-9(12)10(8)13/h4-7,11,14H,3H2,1-2H3. The quantitative estimate of drug-likeness (QED) is 0.834. The molecule has 0 fully saturated rings. The summed E-state index contributed by atoms with van der Waals surface area (Å²) in [5.41, 5.74) is 0.716. The van der Waals surface area contributed by atoms with Crippen LogP contribution < -0.4 is 0 Å². The number of halogens is 2. The van der Waals surface area contributed by atoms with Gasteiger partial charge in [0, 0.05) is 5.56 Å². The Morgan fingerprint density at radius 1 is 1.36 bits per heavy atom. The van der Waals surface area contributed by atoms with Gasteiger partial charge in [0.05, 0.1) is 16.1 Å². The highest BCUT2D eigenvalue weighted by molar-refractivity contribution is 6.42. The molecule has 1 N–H and O–H groups in total. The molecule has 2 atom stereocenters. The van der Waals surface area contributed by atoms with Crippen LogP contribution in [0.15, 0.2) is 18.2 Å². The Morgan fingerprint density at radius 3 is 2.57 bits per heavy atom. The number of benzene rings is 1. The first-order valence-corrected chi connectivity index (χ1v) is 5.45. The van der Waals surface area contributed by atoms with Crippen molar-refractivity contribution < 1.29 is 5.11 Å². The van der Waals surface area contributed by atoms with Crippen LogP contribution in [0.25, 0.3) is 0 Å². The Kier molecular flexibility index (Phi) is 4.24. The highest BCUT2D eigenvalue weighted by Gasteiger charge is 2.18. The lowest BCUT2D eigenvalue weighted by atomic mass is 9.95. The van der Waals surface area contributed by atoms with Crippen LogP contribution in [0.5, 0.6) is 0 Å². The van der Waals surface area contributed by atoms with E-state index in [1.165, 1.54) is 0 Å². The van der Waals surface area contributed by atoms with E-state index in [9.17, 15) is 5.11 Å². The van der Waals surface area contributed by atoms with Crippen LogP contribution in [-0.4, -0.2) is 5.11 Å². The van der Waals surface area contributed by atoms with Crippen LogP contribution in [0.2, 0.25) is 10.0 Å². The van der Waals surface area contributed by atoms with E-state index in [0.717, 1.165) is 6.42 Å². The smallest absolute Gasteiger partial charge is 0.0830 e. The number of rotatable bonds is 3. The van der Waals surface area contributed by atoms with Gasteiger partial charge in [0.25, 0.3) is 0 Å². The number of hydrogen-bond acceptors (Lipinski definition) is 1. The lowest BCUT2D eigenvalue weighted by Crippen LogP contribution is -2.08. The third kappa shape index (κ3) is 2.41. The zero-order valence-electron chi connectivity index (χ0n) is 8.30. The lowest BCUT2D eigenvalue weighted by molar-refractivity contribution is 0.115. The topological polar surface area (TPSA) is 20.2 Å². The molecule has 1 nitrogen and oxygen atoms in total. The van der Waals surface area contributed by atoms with Gasteiger partial charge >= 0.3 is 0 Å². The largest absolute Gasteiger partial charge is 0.388 e. The minimum atomic E-state index is -0.536. The fraction of sp³-hybridized carbons (Fsp3) is 0.455. The van der Waals surface area contributed by atoms with Gasteiger partial charge in [-0.05, 0) is 12.0 Å². The van der Waals surface area contributed by atoms with Crippen LogP contribution in [0.3, 0.4) is 0 Å². The summed E-state index contributed by atoms with van der Waals surface area (Å²) < 4.78 is 0. The van der Waals surface area contributed by atoms with Gasteiger partial charge in [-0.15, -0.1) is 0 Å². The van der Waals surface area contributed by atoms with E-state index in [1.54, 1.807) is 12.1 Å². The summed E-state index contributed by atoms with van der Waals surface area (Å²) in [6, 6.07) is 5.33. The molecular weight excluding hydrogens is 219 g/mol. The summed E-state index contributed by atoms with van der Waals surface area (Å²) in [4.78, 5) is 0. The second-order valence-corrected chi connectivity index (χ2v) is 4.26. The molecule has 78 valence electrons. The van der Waals surface area contributed by atoms with E-state index in [1.807, 2.05) is 19.9 Å². The van der Waals surface area contributed by atoms with Crippen LogP contribution in [0, 0.1) is 5.92 Å². The molecule has 0 saturated heterocycles. The van der Waals surface area contributed by atoms with Gasteiger partial charge < -0.3 is 5.11 Å². The molecule has 0 aliphatic heterocycles. The van der Waals surface area contributed by atoms with Gasteiger partial charge in [0.2, 0.25) is 0 Å². The Hall–Kier alpha value is -0.240. The van der Waals surface area contributed by atoms with Crippen molar-refractivity contribution in [3.63, 3.8) is 0 Å². The molecule has 0 aliphatic carbocycles. The van der Waals surface area contributed by atoms with Gasteiger partial charge in [0.15, 0.2) is 0 Å². The van der Waals surface area contributed by atoms with Crippen molar-refractivity contribution in [3.05, 3.63) is 33.8 Å². The van der Waals surface area contributed by atoms with Crippen molar-refractivity contribution in [1.82, 2.24) is 0 Å². The van der Waals surface area contributed by atoms with E-state index < -0.39 is 6.10 Å². The number of hydrogen-bond donors (Lipinski definition) is 1. The molecule has 1 rings (SSSR count). The molecule has 3 heteroatoms. The highest BCUT2D eigenvalue weighted by Crippen LogP contribution is 2.33. The summed E-state index contributed by atoms with van der Waals surface area (Å²) in [6.45, 7) is 4.02. The van der Waals surface area contributed by atoms with Gasteiger partial charge in [-0.25, -0.2) is 0 Å². The van der Waals surface area contributed by atoms with Crippen molar-refractivity contribution in [2.75, 3.05) is 0 Å². The van der Waals surface area contributed by atoms with Crippen molar-refractivity contribution in [1.29, 1.82) is 0 Å². The Bertz CT molecular complexity index is 312. The van der Waals surface area contributed by atoms with Crippen LogP contribution in [0.4, 0.5) is 0 Å². The normalized spacial score (nSPS) is 15.2. The fourth-order valence-corrected chi connectivity index (χ4v) is 1.70. The molecule has 14 heavy (non-hydrogen) atoms. The van der Waals surface area contributed by atoms with Crippen molar-refractivity contribution in [3.8, 4) is 0 Å². The molecule has 0 amide bonds. The van der Waals surface area contributed by atoms with Crippen molar-refractivity contribution in [2.45, 2.75) is 26.4 Å². The van der Waals surface area contributed by atoms with Crippen molar-refractivity contribution in [2.24, 2.45) is 5.92 Å². The van der Waals surface area contributed by atoms with Crippen LogP contribution in [0.1, 0.15) is 31.9 Å². The summed E-state index contributed by atoms with van der Waals surface area (Å²) in [6.07, 6.45) is 0.371. The van der Waals surface area contributed by atoms with E-state index in [2.05, 4.69) is 0 Å².